The predicted molar refractivity (Wildman–Crippen MR) is 99.5 cm³/mol. The number of esters is 1. The van der Waals surface area contributed by atoms with Gasteiger partial charge in [-0.05, 0) is 51.2 Å². The minimum Gasteiger partial charge on any atom is -0.469 e. The molecule has 8 heteroatoms. The molecule has 0 saturated heterocycles. The number of anilines is 1. The van der Waals surface area contributed by atoms with E-state index >= 15 is 0 Å². The first-order chi connectivity index (χ1) is 12.9. The fourth-order valence-corrected chi connectivity index (χ4v) is 3.72. The van der Waals surface area contributed by atoms with Crippen LogP contribution in [-0.2, 0) is 9.53 Å². The van der Waals surface area contributed by atoms with Crippen molar-refractivity contribution in [1.29, 1.82) is 0 Å². The van der Waals surface area contributed by atoms with Gasteiger partial charge in [-0.3, -0.25) is 14.9 Å². The Balaban J connectivity index is 1.79. The Kier molecular flexibility index (Phi) is 5.43. The molecule has 1 aliphatic carbocycles. The van der Waals surface area contributed by atoms with E-state index in [2.05, 4.69) is 10.5 Å². The maximum Gasteiger partial charge on any atom is 0.308 e. The van der Waals surface area contributed by atoms with E-state index < -0.39 is 0 Å². The first-order valence-corrected chi connectivity index (χ1v) is 8.96. The van der Waals surface area contributed by atoms with Crippen LogP contribution in [0.4, 0.5) is 11.4 Å². The average Bonchev–Trinajstić information content (AvgIpc) is 3.00. The van der Waals surface area contributed by atoms with Gasteiger partial charge in [0.1, 0.15) is 11.4 Å². The maximum absolute atomic E-state index is 11.6. The van der Waals surface area contributed by atoms with Crippen LogP contribution in [0.25, 0.3) is 11.1 Å². The molecule has 1 heterocycles. The summed E-state index contributed by atoms with van der Waals surface area (Å²) in [7, 11) is 1.40. The number of nitro benzene ring substituents is 1. The molecule has 0 unspecified atom stereocenters. The summed E-state index contributed by atoms with van der Waals surface area (Å²) in [5, 5.41) is 18.8. The molecule has 27 heavy (non-hydrogen) atoms. The van der Waals surface area contributed by atoms with Crippen LogP contribution in [0.5, 0.6) is 0 Å². The normalized spacial score (nSPS) is 19.5. The van der Waals surface area contributed by atoms with Crippen LogP contribution < -0.4 is 5.32 Å². The van der Waals surface area contributed by atoms with Gasteiger partial charge in [0.05, 0.1) is 23.6 Å². The number of nitrogens with one attached hydrogen (secondary N) is 1. The summed E-state index contributed by atoms with van der Waals surface area (Å²) in [5.74, 6) is 0.372. The number of carbonyl (C=O) groups excluding carboxylic acids is 1. The second kappa shape index (κ2) is 7.77. The van der Waals surface area contributed by atoms with Gasteiger partial charge in [-0.15, -0.1) is 0 Å². The van der Waals surface area contributed by atoms with Crippen molar-refractivity contribution in [2.75, 3.05) is 12.4 Å². The number of benzene rings is 1. The Morgan fingerprint density at radius 3 is 2.56 bits per heavy atom. The molecule has 0 amide bonds. The number of aryl methyl sites for hydroxylation is 2. The first-order valence-electron chi connectivity index (χ1n) is 8.96. The van der Waals surface area contributed by atoms with Gasteiger partial charge in [0.2, 0.25) is 0 Å². The van der Waals surface area contributed by atoms with Crippen LogP contribution in [0.2, 0.25) is 0 Å². The zero-order chi connectivity index (χ0) is 19.6. The van der Waals surface area contributed by atoms with Crippen LogP contribution >= 0.6 is 0 Å². The van der Waals surface area contributed by atoms with E-state index in [0.717, 1.165) is 31.2 Å². The van der Waals surface area contributed by atoms with E-state index in [1.807, 2.05) is 13.0 Å². The highest BCUT2D eigenvalue weighted by Gasteiger charge is 2.28. The molecule has 1 aliphatic rings. The molecule has 8 nitrogen and oxygen atoms in total. The molecule has 0 atom stereocenters. The molecule has 2 aromatic rings. The van der Waals surface area contributed by atoms with Crippen molar-refractivity contribution >= 4 is 17.3 Å². The summed E-state index contributed by atoms with van der Waals surface area (Å²) in [6.45, 7) is 3.59. The van der Waals surface area contributed by atoms with Gasteiger partial charge in [-0.2, -0.15) is 0 Å². The lowest BCUT2D eigenvalue weighted by Crippen LogP contribution is -2.30. The lowest BCUT2D eigenvalue weighted by Gasteiger charge is -2.28. The first kappa shape index (κ1) is 18.9. The topological polar surface area (TPSA) is 108 Å². The van der Waals surface area contributed by atoms with Crippen molar-refractivity contribution in [2.45, 2.75) is 45.6 Å². The third-order valence-electron chi connectivity index (χ3n) is 5.14. The molecular formula is C19H23N3O5. The summed E-state index contributed by atoms with van der Waals surface area (Å²) in [6.07, 6.45) is 2.97. The van der Waals surface area contributed by atoms with Crippen molar-refractivity contribution in [3.63, 3.8) is 0 Å². The molecule has 1 saturated carbocycles. The fourth-order valence-electron chi connectivity index (χ4n) is 3.72. The Hall–Kier alpha value is -2.90. The van der Waals surface area contributed by atoms with Crippen molar-refractivity contribution in [1.82, 2.24) is 5.16 Å². The van der Waals surface area contributed by atoms with Gasteiger partial charge in [0.15, 0.2) is 0 Å². The van der Waals surface area contributed by atoms with E-state index in [1.54, 1.807) is 19.1 Å². The minimum atomic E-state index is -0.385. The molecule has 0 radical (unpaired) electrons. The third-order valence-corrected chi connectivity index (χ3v) is 5.14. The lowest BCUT2D eigenvalue weighted by atomic mass is 9.86. The molecular weight excluding hydrogens is 350 g/mol. The number of rotatable bonds is 5. The monoisotopic (exact) mass is 373 g/mol. The summed E-state index contributed by atoms with van der Waals surface area (Å²) >= 11 is 0. The van der Waals surface area contributed by atoms with E-state index in [0.29, 0.717) is 22.7 Å². The van der Waals surface area contributed by atoms with E-state index in [-0.39, 0.29) is 28.5 Å². The molecule has 1 aromatic carbocycles. The van der Waals surface area contributed by atoms with Crippen molar-refractivity contribution in [2.24, 2.45) is 5.92 Å². The van der Waals surface area contributed by atoms with Crippen molar-refractivity contribution in [3.05, 3.63) is 39.8 Å². The van der Waals surface area contributed by atoms with Gasteiger partial charge < -0.3 is 14.6 Å². The predicted octanol–water partition coefficient (Wildman–Crippen LogP) is 4.01. The highest BCUT2D eigenvalue weighted by atomic mass is 16.6. The number of carbonyl (C=O) groups is 1. The zero-order valence-electron chi connectivity index (χ0n) is 15.7. The lowest BCUT2D eigenvalue weighted by molar-refractivity contribution is -0.383. The van der Waals surface area contributed by atoms with Gasteiger partial charge in [-0.25, -0.2) is 0 Å². The van der Waals surface area contributed by atoms with E-state index in [1.165, 1.54) is 7.11 Å². The van der Waals surface area contributed by atoms with Gasteiger partial charge in [0, 0.05) is 17.7 Å². The number of hydrogen-bond acceptors (Lipinski definition) is 7. The number of methoxy groups -OCH3 is 1. The average molecular weight is 373 g/mol. The van der Waals surface area contributed by atoms with E-state index in [9.17, 15) is 14.9 Å². The Bertz CT molecular complexity index is 834. The molecule has 1 N–H and O–H groups in total. The Labute approximate surface area is 157 Å². The minimum absolute atomic E-state index is 0.0163. The van der Waals surface area contributed by atoms with Gasteiger partial charge in [-0.1, -0.05) is 11.2 Å². The Morgan fingerprint density at radius 2 is 2.00 bits per heavy atom. The molecule has 1 fully saturated rings. The molecule has 1 aromatic heterocycles. The highest BCUT2D eigenvalue weighted by molar-refractivity contribution is 5.76. The summed E-state index contributed by atoms with van der Waals surface area (Å²) in [4.78, 5) is 22.9. The van der Waals surface area contributed by atoms with E-state index in [4.69, 9.17) is 9.26 Å². The van der Waals surface area contributed by atoms with Crippen LogP contribution in [-0.4, -0.2) is 29.2 Å². The van der Waals surface area contributed by atoms with Gasteiger partial charge >= 0.3 is 5.97 Å². The van der Waals surface area contributed by atoms with Crippen LogP contribution in [0, 0.1) is 29.9 Å². The number of aromatic nitrogens is 1. The number of ether oxygens (including phenoxy) is 1. The van der Waals surface area contributed by atoms with Gasteiger partial charge in [0.25, 0.3) is 5.69 Å². The molecule has 0 aliphatic heterocycles. The van der Waals surface area contributed by atoms with Crippen molar-refractivity contribution in [3.8, 4) is 11.1 Å². The standard InChI is InChI=1S/C19H23N3O5/c1-11-18(12(2)27-21-11)14-6-9-16(17(10-14)22(24)25)20-15-7-4-13(5-8-15)19(23)26-3/h6,9-10,13,15,20H,4-5,7-8H2,1-3H3. The quantitative estimate of drug-likeness (QED) is 0.479. The maximum atomic E-state index is 11.6. The van der Waals surface area contributed by atoms with Crippen LogP contribution in [0.1, 0.15) is 37.1 Å². The summed E-state index contributed by atoms with van der Waals surface area (Å²) < 4.78 is 9.97. The smallest absolute Gasteiger partial charge is 0.308 e. The second-order valence-electron chi connectivity index (χ2n) is 6.90. The molecule has 3 rings (SSSR count). The van der Waals surface area contributed by atoms with Crippen molar-refractivity contribution < 1.29 is 19.0 Å². The highest BCUT2D eigenvalue weighted by Crippen LogP contribution is 2.35. The zero-order valence-corrected chi connectivity index (χ0v) is 15.7. The second-order valence-corrected chi connectivity index (χ2v) is 6.90. The number of hydrogen-bond donors (Lipinski definition) is 1. The molecule has 0 bridgehead atoms. The van der Waals surface area contributed by atoms with Crippen LogP contribution in [0.3, 0.4) is 0 Å². The van der Waals surface area contributed by atoms with Crippen LogP contribution in [0.15, 0.2) is 22.7 Å². The summed E-state index contributed by atoms with van der Waals surface area (Å²) in [6, 6.07) is 5.21. The molecule has 144 valence electrons. The largest absolute Gasteiger partial charge is 0.469 e. The SMILES string of the molecule is COC(=O)C1CCC(Nc2ccc(-c3c(C)noc3C)cc2[N+](=O)[O-])CC1. The number of nitrogens with zero attached hydrogens (tertiary/aromatic N) is 2. The Morgan fingerprint density at radius 1 is 1.30 bits per heavy atom. The fraction of sp³-hybridized carbons (Fsp3) is 0.474. The number of nitro groups is 1. The molecule has 0 spiro atoms. The third kappa shape index (κ3) is 3.94. The summed E-state index contributed by atoms with van der Waals surface area (Å²) in [5.41, 5.74) is 2.68.